The first-order valence-corrected chi connectivity index (χ1v) is 8.11. The van der Waals surface area contributed by atoms with Crippen LogP contribution in [0.4, 0.5) is 5.69 Å². The number of anilines is 1. The number of hydrogen-bond donors (Lipinski definition) is 0. The van der Waals surface area contributed by atoms with E-state index < -0.39 is 5.25 Å². The molecule has 4 nitrogen and oxygen atoms in total. The van der Waals surface area contributed by atoms with Gasteiger partial charge in [0.2, 0.25) is 11.8 Å². The Kier molecular flexibility index (Phi) is 4.24. The van der Waals surface area contributed by atoms with Crippen molar-refractivity contribution in [2.45, 2.75) is 30.0 Å². The first-order valence-electron chi connectivity index (χ1n) is 7.23. The van der Waals surface area contributed by atoms with Gasteiger partial charge in [0.1, 0.15) is 0 Å². The van der Waals surface area contributed by atoms with Crippen LogP contribution in [0.15, 0.2) is 53.7 Å². The maximum atomic E-state index is 12.6. The van der Waals surface area contributed by atoms with Crippen molar-refractivity contribution in [2.24, 2.45) is 0 Å². The topological polar surface area (TPSA) is 50.3 Å². The zero-order valence-electron chi connectivity index (χ0n) is 12.2. The van der Waals surface area contributed by atoms with E-state index in [4.69, 9.17) is 0 Å². The van der Waals surface area contributed by atoms with E-state index in [1.165, 1.54) is 16.7 Å². The number of benzene rings is 1. The molecule has 0 radical (unpaired) electrons. The molecule has 3 rings (SSSR count). The summed E-state index contributed by atoms with van der Waals surface area (Å²) in [5.74, 6) is -0.291. The lowest BCUT2D eigenvalue weighted by Gasteiger charge is -2.18. The van der Waals surface area contributed by atoms with Crippen LogP contribution < -0.4 is 4.90 Å². The molecule has 0 N–H and O–H groups in total. The Morgan fingerprint density at radius 1 is 1.18 bits per heavy atom. The Morgan fingerprint density at radius 3 is 2.68 bits per heavy atom. The van der Waals surface area contributed by atoms with Crippen molar-refractivity contribution in [1.82, 2.24) is 4.98 Å². The molecule has 1 aromatic carbocycles. The number of imide groups is 1. The van der Waals surface area contributed by atoms with Crippen LogP contribution in [0.5, 0.6) is 0 Å². The Balaban J connectivity index is 1.86. The van der Waals surface area contributed by atoms with Gasteiger partial charge in [-0.15, -0.1) is 0 Å². The van der Waals surface area contributed by atoms with Crippen molar-refractivity contribution in [1.29, 1.82) is 0 Å². The number of hydrogen-bond acceptors (Lipinski definition) is 4. The van der Waals surface area contributed by atoms with E-state index in [-0.39, 0.29) is 18.2 Å². The summed E-state index contributed by atoms with van der Waals surface area (Å²) in [6.45, 7) is 2.02. The molecule has 1 aromatic heterocycles. The van der Waals surface area contributed by atoms with E-state index in [2.05, 4.69) is 4.98 Å². The number of carbonyl (C=O) groups is 2. The third kappa shape index (κ3) is 2.76. The summed E-state index contributed by atoms with van der Waals surface area (Å²) in [4.78, 5) is 30.5. The highest BCUT2D eigenvalue weighted by molar-refractivity contribution is 8.00. The molecular weight excluding hydrogens is 296 g/mol. The maximum Gasteiger partial charge on any atom is 0.247 e. The van der Waals surface area contributed by atoms with Crippen LogP contribution in [-0.4, -0.2) is 22.0 Å². The second-order valence-corrected chi connectivity index (χ2v) is 6.25. The fourth-order valence-corrected chi connectivity index (χ4v) is 3.54. The molecule has 1 fully saturated rings. The zero-order valence-corrected chi connectivity index (χ0v) is 13.0. The van der Waals surface area contributed by atoms with E-state index in [0.29, 0.717) is 5.69 Å². The minimum atomic E-state index is -0.396. The number of amides is 2. The van der Waals surface area contributed by atoms with Gasteiger partial charge in [-0.05, 0) is 30.2 Å². The summed E-state index contributed by atoms with van der Waals surface area (Å²) < 4.78 is 0. The average molecular weight is 312 g/mol. The lowest BCUT2D eigenvalue weighted by Crippen LogP contribution is -2.31. The van der Waals surface area contributed by atoms with Gasteiger partial charge in [0.15, 0.2) is 0 Å². The number of pyridine rings is 1. The molecule has 0 aliphatic carbocycles. The largest absolute Gasteiger partial charge is 0.274 e. The van der Waals surface area contributed by atoms with Crippen molar-refractivity contribution in [3.63, 3.8) is 0 Å². The second kappa shape index (κ2) is 6.32. The van der Waals surface area contributed by atoms with Gasteiger partial charge in [0.25, 0.3) is 0 Å². The number of aryl methyl sites for hydroxylation is 1. The van der Waals surface area contributed by atoms with Crippen LogP contribution in [0, 0.1) is 0 Å². The van der Waals surface area contributed by atoms with Crippen LogP contribution in [0.2, 0.25) is 0 Å². The summed E-state index contributed by atoms with van der Waals surface area (Å²) in [5.41, 5.74) is 1.72. The minimum Gasteiger partial charge on any atom is -0.274 e. The molecule has 0 saturated carbocycles. The van der Waals surface area contributed by atoms with E-state index >= 15 is 0 Å². The molecule has 22 heavy (non-hydrogen) atoms. The summed E-state index contributed by atoms with van der Waals surface area (Å²) in [6, 6.07) is 13.1. The molecule has 5 heteroatoms. The predicted molar refractivity (Wildman–Crippen MR) is 86.8 cm³/mol. The van der Waals surface area contributed by atoms with Crippen molar-refractivity contribution in [3.05, 3.63) is 54.2 Å². The van der Waals surface area contributed by atoms with Gasteiger partial charge in [-0.2, -0.15) is 0 Å². The molecule has 2 heterocycles. The maximum absolute atomic E-state index is 12.6. The fourth-order valence-electron chi connectivity index (χ4n) is 2.54. The van der Waals surface area contributed by atoms with Gasteiger partial charge in [0.05, 0.1) is 16.0 Å². The Hall–Kier alpha value is -2.14. The summed E-state index contributed by atoms with van der Waals surface area (Å²) in [7, 11) is 0. The fraction of sp³-hybridized carbons (Fsp3) is 0.235. The Bertz CT molecular complexity index is 703. The third-order valence-electron chi connectivity index (χ3n) is 3.62. The number of rotatable bonds is 4. The van der Waals surface area contributed by atoms with Gasteiger partial charge in [-0.25, -0.2) is 9.88 Å². The normalized spacial score (nSPS) is 18.0. The molecule has 0 spiro atoms. The summed E-state index contributed by atoms with van der Waals surface area (Å²) in [6.07, 6.45) is 2.69. The van der Waals surface area contributed by atoms with Crippen molar-refractivity contribution >= 4 is 29.3 Å². The van der Waals surface area contributed by atoms with Gasteiger partial charge < -0.3 is 0 Å². The summed E-state index contributed by atoms with van der Waals surface area (Å²) >= 11 is 1.35. The van der Waals surface area contributed by atoms with Crippen molar-refractivity contribution in [3.8, 4) is 0 Å². The molecule has 0 unspecified atom stereocenters. The van der Waals surface area contributed by atoms with Crippen LogP contribution in [-0.2, 0) is 16.0 Å². The van der Waals surface area contributed by atoms with Crippen molar-refractivity contribution in [2.75, 3.05) is 4.90 Å². The Morgan fingerprint density at radius 2 is 1.95 bits per heavy atom. The van der Waals surface area contributed by atoms with Crippen LogP contribution in [0.1, 0.15) is 18.9 Å². The van der Waals surface area contributed by atoms with Crippen LogP contribution >= 0.6 is 11.8 Å². The third-order valence-corrected chi connectivity index (χ3v) is 4.76. The highest BCUT2D eigenvalue weighted by Crippen LogP contribution is 2.34. The smallest absolute Gasteiger partial charge is 0.247 e. The monoisotopic (exact) mass is 312 g/mol. The van der Waals surface area contributed by atoms with E-state index in [1.54, 1.807) is 6.20 Å². The number of carbonyl (C=O) groups excluding carboxylic acids is 2. The number of para-hydroxylation sites is 1. The van der Waals surface area contributed by atoms with E-state index in [0.717, 1.165) is 17.0 Å². The standard InChI is InChI=1S/C17H16N2O2S/c1-2-12-7-3-4-8-13(12)19-16(20)11-14(17(19)21)22-15-9-5-6-10-18-15/h3-10,14H,2,11H2,1H3/t14-/m0/s1. The first kappa shape index (κ1) is 14.8. The molecule has 1 aliphatic heterocycles. The Labute approximate surface area is 133 Å². The SMILES string of the molecule is CCc1ccccc1N1C(=O)C[C@H](Sc2ccccn2)C1=O. The van der Waals surface area contributed by atoms with Crippen LogP contribution in [0.25, 0.3) is 0 Å². The second-order valence-electron chi connectivity index (χ2n) is 5.03. The lowest BCUT2D eigenvalue weighted by atomic mass is 10.1. The quantitative estimate of drug-likeness (QED) is 0.814. The average Bonchev–Trinajstić information content (AvgIpc) is 2.82. The van der Waals surface area contributed by atoms with Gasteiger partial charge in [0, 0.05) is 12.6 Å². The highest BCUT2D eigenvalue weighted by atomic mass is 32.2. The van der Waals surface area contributed by atoms with E-state index in [1.807, 2.05) is 49.4 Å². The highest BCUT2D eigenvalue weighted by Gasteiger charge is 2.40. The number of aromatic nitrogens is 1. The molecule has 2 amide bonds. The van der Waals surface area contributed by atoms with Crippen molar-refractivity contribution < 1.29 is 9.59 Å². The molecule has 1 saturated heterocycles. The van der Waals surface area contributed by atoms with Gasteiger partial charge in [-0.1, -0.05) is 43.0 Å². The molecule has 1 aliphatic rings. The molecule has 2 aromatic rings. The van der Waals surface area contributed by atoms with Gasteiger partial charge >= 0.3 is 0 Å². The lowest BCUT2D eigenvalue weighted by molar-refractivity contribution is -0.121. The first-order chi connectivity index (χ1) is 10.7. The molecule has 0 bridgehead atoms. The number of nitrogens with zero attached hydrogens (tertiary/aromatic N) is 2. The summed E-state index contributed by atoms with van der Waals surface area (Å²) in [5, 5.41) is 0.367. The van der Waals surface area contributed by atoms with Crippen LogP contribution in [0.3, 0.4) is 0 Å². The zero-order chi connectivity index (χ0) is 15.5. The van der Waals surface area contributed by atoms with E-state index in [9.17, 15) is 9.59 Å². The predicted octanol–water partition coefficient (Wildman–Crippen LogP) is 3.07. The van der Waals surface area contributed by atoms with Gasteiger partial charge in [-0.3, -0.25) is 9.59 Å². The minimum absolute atomic E-state index is 0.140. The molecule has 1 atom stereocenters. The number of thioether (sulfide) groups is 1. The molecule has 112 valence electrons. The molecular formula is C17H16N2O2S.